The van der Waals surface area contributed by atoms with E-state index in [2.05, 4.69) is 20.4 Å². The van der Waals surface area contributed by atoms with E-state index in [1.165, 1.54) is 11.3 Å². The van der Waals surface area contributed by atoms with Crippen molar-refractivity contribution < 1.29 is 9.32 Å². The Kier molecular flexibility index (Phi) is 3.16. The summed E-state index contributed by atoms with van der Waals surface area (Å²) >= 11 is 1.34. The highest BCUT2D eigenvalue weighted by atomic mass is 32.1. The van der Waals surface area contributed by atoms with Crippen molar-refractivity contribution in [2.75, 3.05) is 5.32 Å². The third-order valence-electron chi connectivity index (χ3n) is 1.89. The molecule has 0 aromatic carbocycles. The van der Waals surface area contributed by atoms with E-state index in [-0.39, 0.29) is 17.8 Å². The fourth-order valence-electron chi connectivity index (χ4n) is 1.11. The lowest BCUT2D eigenvalue weighted by atomic mass is 10.4. The normalized spacial score (nSPS) is 12.4. The van der Waals surface area contributed by atoms with Crippen molar-refractivity contribution in [2.45, 2.75) is 19.9 Å². The number of rotatable bonds is 3. The Morgan fingerprint density at radius 1 is 1.59 bits per heavy atom. The Morgan fingerprint density at radius 2 is 2.35 bits per heavy atom. The molecule has 2 aromatic heterocycles. The maximum absolute atomic E-state index is 11.7. The van der Waals surface area contributed by atoms with E-state index in [0.717, 1.165) is 0 Å². The Labute approximate surface area is 101 Å². The minimum atomic E-state index is -0.392. The molecule has 3 N–H and O–H groups in total. The third kappa shape index (κ3) is 2.66. The summed E-state index contributed by atoms with van der Waals surface area (Å²) in [5.74, 6) is 0.0617. The molecular formula is C9H11N5O2S. The molecule has 0 saturated carbocycles. The van der Waals surface area contributed by atoms with Gasteiger partial charge in [0.15, 0.2) is 5.82 Å². The molecule has 8 heteroatoms. The second-order valence-electron chi connectivity index (χ2n) is 3.46. The number of hydrogen-bond acceptors (Lipinski definition) is 7. The lowest BCUT2D eigenvalue weighted by Gasteiger charge is -1.97. The van der Waals surface area contributed by atoms with Gasteiger partial charge in [0.25, 0.3) is 5.91 Å². The van der Waals surface area contributed by atoms with Gasteiger partial charge in [-0.05, 0) is 13.8 Å². The van der Waals surface area contributed by atoms with Gasteiger partial charge in [0.1, 0.15) is 10.7 Å². The van der Waals surface area contributed by atoms with Crippen LogP contribution in [0.1, 0.15) is 34.3 Å². The molecule has 0 radical (unpaired) electrons. The first kappa shape index (κ1) is 11.7. The zero-order valence-corrected chi connectivity index (χ0v) is 10.1. The standard InChI is InChI=1S/C9H11N5O2S/c1-4(10)8-12-6(3-17-8)7(15)13-9-11-5(2)14-16-9/h3-4H,10H2,1-2H3,(H,11,13,14,15). The van der Waals surface area contributed by atoms with Gasteiger partial charge in [0.05, 0.1) is 6.04 Å². The molecule has 2 rings (SSSR count). The van der Waals surface area contributed by atoms with Crippen molar-refractivity contribution in [3.05, 3.63) is 21.9 Å². The molecule has 2 heterocycles. The summed E-state index contributed by atoms with van der Waals surface area (Å²) in [6.07, 6.45) is 0. The number of carbonyl (C=O) groups is 1. The van der Waals surface area contributed by atoms with Gasteiger partial charge in [-0.25, -0.2) is 4.98 Å². The molecule has 0 aliphatic rings. The van der Waals surface area contributed by atoms with Crippen LogP contribution >= 0.6 is 11.3 Å². The fraction of sp³-hybridized carbons (Fsp3) is 0.333. The number of anilines is 1. The molecular weight excluding hydrogens is 242 g/mol. The van der Waals surface area contributed by atoms with Crippen LogP contribution in [0.2, 0.25) is 0 Å². The average molecular weight is 253 g/mol. The summed E-state index contributed by atoms with van der Waals surface area (Å²) in [6, 6.07) is -0.130. The van der Waals surface area contributed by atoms with Crippen LogP contribution in [0.5, 0.6) is 0 Å². The molecule has 1 unspecified atom stereocenters. The van der Waals surface area contributed by atoms with Gasteiger partial charge in [0.2, 0.25) is 0 Å². The van der Waals surface area contributed by atoms with Crippen molar-refractivity contribution in [1.82, 2.24) is 15.1 Å². The van der Waals surface area contributed by atoms with E-state index in [1.54, 1.807) is 12.3 Å². The van der Waals surface area contributed by atoms with Crippen LogP contribution < -0.4 is 11.1 Å². The van der Waals surface area contributed by atoms with Gasteiger partial charge in [0, 0.05) is 5.38 Å². The topological polar surface area (TPSA) is 107 Å². The Morgan fingerprint density at radius 3 is 2.88 bits per heavy atom. The van der Waals surface area contributed by atoms with E-state index in [0.29, 0.717) is 10.8 Å². The van der Waals surface area contributed by atoms with Crippen LogP contribution in [0.4, 0.5) is 6.01 Å². The lowest BCUT2D eigenvalue weighted by Crippen LogP contribution is -2.13. The summed E-state index contributed by atoms with van der Waals surface area (Å²) in [5, 5.41) is 8.36. The van der Waals surface area contributed by atoms with Gasteiger partial charge in [-0.3, -0.25) is 10.1 Å². The molecule has 0 bridgehead atoms. The van der Waals surface area contributed by atoms with Crippen molar-refractivity contribution in [1.29, 1.82) is 0 Å². The first-order valence-electron chi connectivity index (χ1n) is 4.89. The smallest absolute Gasteiger partial charge is 0.322 e. The molecule has 90 valence electrons. The Bertz CT molecular complexity index is 533. The van der Waals surface area contributed by atoms with Crippen molar-refractivity contribution >= 4 is 23.3 Å². The molecule has 1 amide bonds. The lowest BCUT2D eigenvalue weighted by molar-refractivity contribution is 0.101. The molecule has 0 aliphatic carbocycles. The highest BCUT2D eigenvalue weighted by Gasteiger charge is 2.15. The molecule has 0 fully saturated rings. The van der Waals surface area contributed by atoms with E-state index in [1.807, 2.05) is 6.92 Å². The molecule has 0 saturated heterocycles. The number of thiazole rings is 1. The zero-order chi connectivity index (χ0) is 12.4. The van der Waals surface area contributed by atoms with Crippen LogP contribution in [0.25, 0.3) is 0 Å². The van der Waals surface area contributed by atoms with Crippen LogP contribution in [0, 0.1) is 6.92 Å². The van der Waals surface area contributed by atoms with E-state index in [4.69, 9.17) is 10.3 Å². The molecule has 0 aliphatic heterocycles. The van der Waals surface area contributed by atoms with Crippen molar-refractivity contribution in [2.24, 2.45) is 5.73 Å². The van der Waals surface area contributed by atoms with E-state index < -0.39 is 5.91 Å². The number of nitrogens with zero attached hydrogens (tertiary/aromatic N) is 3. The molecule has 17 heavy (non-hydrogen) atoms. The largest absolute Gasteiger partial charge is 0.328 e. The average Bonchev–Trinajstić information content (AvgIpc) is 2.86. The third-order valence-corrected chi connectivity index (χ3v) is 2.94. The summed E-state index contributed by atoms with van der Waals surface area (Å²) in [4.78, 5) is 19.7. The zero-order valence-electron chi connectivity index (χ0n) is 9.30. The highest BCUT2D eigenvalue weighted by Crippen LogP contribution is 2.16. The molecule has 1 atom stereocenters. The van der Waals surface area contributed by atoms with E-state index >= 15 is 0 Å². The summed E-state index contributed by atoms with van der Waals surface area (Å²) in [5.41, 5.74) is 5.95. The number of hydrogen-bond donors (Lipinski definition) is 2. The van der Waals surface area contributed by atoms with Gasteiger partial charge in [-0.15, -0.1) is 11.3 Å². The first-order chi connectivity index (χ1) is 8.06. The maximum atomic E-state index is 11.7. The van der Waals surface area contributed by atoms with Crippen molar-refractivity contribution in [3.8, 4) is 0 Å². The Hall–Kier alpha value is -1.80. The van der Waals surface area contributed by atoms with Crippen LogP contribution in [-0.4, -0.2) is 21.0 Å². The van der Waals surface area contributed by atoms with E-state index in [9.17, 15) is 4.79 Å². The number of carbonyl (C=O) groups excluding carboxylic acids is 1. The monoisotopic (exact) mass is 253 g/mol. The number of nitrogens with two attached hydrogens (primary N) is 1. The minimum Gasteiger partial charge on any atom is -0.322 e. The number of amides is 1. The first-order valence-corrected chi connectivity index (χ1v) is 5.77. The number of aryl methyl sites for hydroxylation is 1. The van der Waals surface area contributed by atoms with Gasteiger partial charge >= 0.3 is 6.01 Å². The number of nitrogens with one attached hydrogen (secondary N) is 1. The van der Waals surface area contributed by atoms with Crippen LogP contribution in [0.15, 0.2) is 9.90 Å². The second-order valence-corrected chi connectivity index (χ2v) is 4.35. The number of aromatic nitrogens is 3. The van der Waals surface area contributed by atoms with Gasteiger partial charge in [-0.1, -0.05) is 5.16 Å². The molecule has 0 spiro atoms. The van der Waals surface area contributed by atoms with Crippen molar-refractivity contribution in [3.63, 3.8) is 0 Å². The summed E-state index contributed by atoms with van der Waals surface area (Å²) in [6.45, 7) is 3.47. The van der Waals surface area contributed by atoms with Gasteiger partial charge < -0.3 is 10.3 Å². The molecule has 7 nitrogen and oxygen atoms in total. The van der Waals surface area contributed by atoms with Crippen LogP contribution in [0.3, 0.4) is 0 Å². The quantitative estimate of drug-likeness (QED) is 0.848. The fourth-order valence-corrected chi connectivity index (χ4v) is 1.87. The van der Waals surface area contributed by atoms with Gasteiger partial charge in [-0.2, -0.15) is 4.98 Å². The predicted molar refractivity (Wildman–Crippen MR) is 61.7 cm³/mol. The SMILES string of the molecule is Cc1noc(NC(=O)c2csc(C(C)N)n2)n1. The van der Waals surface area contributed by atoms with Crippen LogP contribution in [-0.2, 0) is 0 Å². The maximum Gasteiger partial charge on any atom is 0.328 e. The summed E-state index contributed by atoms with van der Waals surface area (Å²) in [7, 11) is 0. The Balaban J connectivity index is 2.09. The highest BCUT2D eigenvalue weighted by molar-refractivity contribution is 7.09. The summed E-state index contributed by atoms with van der Waals surface area (Å²) < 4.78 is 4.77. The predicted octanol–water partition coefficient (Wildman–Crippen LogP) is 1.11. The minimum absolute atomic E-state index is 0.0582. The molecule has 2 aromatic rings. The second kappa shape index (κ2) is 4.60.